The van der Waals surface area contributed by atoms with E-state index in [1.165, 1.54) is 12.1 Å². The van der Waals surface area contributed by atoms with Gasteiger partial charge in [0.25, 0.3) is 0 Å². The SMILES string of the molecule is CN(C)NC(=O)CC(N)c1cccc(F)c1. The van der Waals surface area contributed by atoms with Crippen molar-refractivity contribution in [2.45, 2.75) is 12.5 Å². The average molecular weight is 225 g/mol. The summed E-state index contributed by atoms with van der Waals surface area (Å²) in [7, 11) is 3.43. The molecule has 1 rings (SSSR count). The van der Waals surface area contributed by atoms with Gasteiger partial charge in [-0.05, 0) is 17.7 Å². The van der Waals surface area contributed by atoms with Gasteiger partial charge < -0.3 is 5.73 Å². The fourth-order valence-corrected chi connectivity index (χ4v) is 1.35. The predicted molar refractivity (Wildman–Crippen MR) is 59.8 cm³/mol. The number of rotatable bonds is 4. The molecule has 88 valence electrons. The molecule has 4 nitrogen and oxygen atoms in total. The number of hydrogen-bond acceptors (Lipinski definition) is 3. The van der Waals surface area contributed by atoms with E-state index in [0.29, 0.717) is 5.56 Å². The average Bonchev–Trinajstić information content (AvgIpc) is 2.16. The number of amides is 1. The number of nitrogens with one attached hydrogen (secondary N) is 1. The lowest BCUT2D eigenvalue weighted by atomic mass is 10.0. The molecule has 0 saturated heterocycles. The highest BCUT2D eigenvalue weighted by atomic mass is 19.1. The molecule has 1 unspecified atom stereocenters. The van der Waals surface area contributed by atoms with E-state index in [0.717, 1.165) is 0 Å². The summed E-state index contributed by atoms with van der Waals surface area (Å²) >= 11 is 0. The van der Waals surface area contributed by atoms with E-state index in [-0.39, 0.29) is 18.1 Å². The van der Waals surface area contributed by atoms with Gasteiger partial charge in [-0.25, -0.2) is 9.40 Å². The van der Waals surface area contributed by atoms with Crippen LogP contribution in [-0.4, -0.2) is 25.0 Å². The Kier molecular flexibility index (Phi) is 4.39. The first-order valence-corrected chi connectivity index (χ1v) is 4.97. The third-order valence-corrected chi connectivity index (χ3v) is 2.03. The molecule has 1 atom stereocenters. The maximum Gasteiger partial charge on any atom is 0.236 e. The van der Waals surface area contributed by atoms with Crippen LogP contribution in [0.1, 0.15) is 18.0 Å². The number of nitrogens with two attached hydrogens (primary N) is 1. The Morgan fingerprint density at radius 1 is 1.56 bits per heavy atom. The van der Waals surface area contributed by atoms with Crippen LogP contribution in [0.3, 0.4) is 0 Å². The second-order valence-corrected chi connectivity index (χ2v) is 3.80. The van der Waals surface area contributed by atoms with Crippen molar-refractivity contribution >= 4 is 5.91 Å². The molecule has 0 aliphatic heterocycles. The Balaban J connectivity index is 2.58. The van der Waals surface area contributed by atoms with Crippen LogP contribution < -0.4 is 11.2 Å². The fraction of sp³-hybridized carbons (Fsp3) is 0.364. The summed E-state index contributed by atoms with van der Waals surface area (Å²) < 4.78 is 12.9. The largest absolute Gasteiger partial charge is 0.324 e. The summed E-state index contributed by atoms with van der Waals surface area (Å²) in [4.78, 5) is 11.4. The molecular weight excluding hydrogens is 209 g/mol. The van der Waals surface area contributed by atoms with Gasteiger partial charge in [0.15, 0.2) is 0 Å². The molecule has 1 aromatic rings. The molecule has 0 aromatic heterocycles. The quantitative estimate of drug-likeness (QED) is 0.745. The van der Waals surface area contributed by atoms with Crippen LogP contribution in [0.25, 0.3) is 0 Å². The van der Waals surface area contributed by atoms with E-state index in [2.05, 4.69) is 5.43 Å². The number of carbonyl (C=O) groups excluding carboxylic acids is 1. The fourth-order valence-electron chi connectivity index (χ4n) is 1.35. The van der Waals surface area contributed by atoms with Crippen LogP contribution in [0, 0.1) is 5.82 Å². The number of carbonyl (C=O) groups is 1. The Bertz CT molecular complexity index is 368. The molecular formula is C11H16FN3O. The number of halogens is 1. The van der Waals surface area contributed by atoms with Crippen molar-refractivity contribution in [3.63, 3.8) is 0 Å². The van der Waals surface area contributed by atoms with Gasteiger partial charge in [0, 0.05) is 26.6 Å². The van der Waals surface area contributed by atoms with E-state index in [1.54, 1.807) is 31.2 Å². The Morgan fingerprint density at radius 2 is 2.25 bits per heavy atom. The van der Waals surface area contributed by atoms with Gasteiger partial charge in [-0.2, -0.15) is 0 Å². The van der Waals surface area contributed by atoms with Crippen LogP contribution in [0.2, 0.25) is 0 Å². The van der Waals surface area contributed by atoms with Crippen LogP contribution in [0.15, 0.2) is 24.3 Å². The van der Waals surface area contributed by atoms with Gasteiger partial charge in [-0.3, -0.25) is 10.2 Å². The highest BCUT2D eigenvalue weighted by molar-refractivity contribution is 5.76. The van der Waals surface area contributed by atoms with Crippen LogP contribution >= 0.6 is 0 Å². The molecule has 16 heavy (non-hydrogen) atoms. The van der Waals surface area contributed by atoms with Gasteiger partial charge >= 0.3 is 0 Å². The van der Waals surface area contributed by atoms with Crippen molar-refractivity contribution in [2.75, 3.05) is 14.1 Å². The normalized spacial score (nSPS) is 12.6. The predicted octanol–water partition coefficient (Wildman–Crippen LogP) is 0.808. The number of hydrogen-bond donors (Lipinski definition) is 2. The smallest absolute Gasteiger partial charge is 0.236 e. The summed E-state index contributed by atoms with van der Waals surface area (Å²) in [6.45, 7) is 0. The molecule has 0 saturated carbocycles. The molecule has 1 amide bonds. The molecule has 0 aliphatic rings. The van der Waals surface area contributed by atoms with Gasteiger partial charge in [-0.1, -0.05) is 12.1 Å². The molecule has 1 aromatic carbocycles. The van der Waals surface area contributed by atoms with Crippen molar-refractivity contribution in [1.82, 2.24) is 10.4 Å². The topological polar surface area (TPSA) is 58.4 Å². The lowest BCUT2D eigenvalue weighted by Gasteiger charge is -2.15. The first-order chi connectivity index (χ1) is 7.49. The van der Waals surface area contributed by atoms with Crippen molar-refractivity contribution in [3.8, 4) is 0 Å². The highest BCUT2D eigenvalue weighted by Crippen LogP contribution is 2.14. The highest BCUT2D eigenvalue weighted by Gasteiger charge is 2.12. The maximum absolute atomic E-state index is 12.9. The number of nitrogens with zero attached hydrogens (tertiary/aromatic N) is 1. The van der Waals surface area contributed by atoms with Gasteiger partial charge in [0.1, 0.15) is 5.82 Å². The summed E-state index contributed by atoms with van der Waals surface area (Å²) in [5.74, 6) is -0.539. The minimum absolute atomic E-state index is 0.127. The summed E-state index contributed by atoms with van der Waals surface area (Å²) in [5.41, 5.74) is 8.99. The first kappa shape index (κ1) is 12.6. The molecule has 5 heteroatoms. The Morgan fingerprint density at radius 3 is 2.81 bits per heavy atom. The summed E-state index contributed by atoms with van der Waals surface area (Å²) in [6.07, 6.45) is 0.127. The molecule has 3 N–H and O–H groups in total. The number of hydrazine groups is 1. The van der Waals surface area contributed by atoms with Crippen molar-refractivity contribution in [2.24, 2.45) is 5.73 Å². The Hall–Kier alpha value is -1.46. The van der Waals surface area contributed by atoms with Gasteiger partial charge in [0.05, 0.1) is 0 Å². The Labute approximate surface area is 94.2 Å². The zero-order valence-corrected chi connectivity index (χ0v) is 9.40. The number of benzene rings is 1. The monoisotopic (exact) mass is 225 g/mol. The van der Waals surface area contributed by atoms with Crippen LogP contribution in [-0.2, 0) is 4.79 Å². The molecule has 0 bridgehead atoms. The zero-order chi connectivity index (χ0) is 12.1. The molecule has 0 fully saturated rings. The molecule has 0 heterocycles. The molecule has 0 spiro atoms. The first-order valence-electron chi connectivity index (χ1n) is 4.97. The third-order valence-electron chi connectivity index (χ3n) is 2.03. The van der Waals surface area contributed by atoms with Crippen LogP contribution in [0.5, 0.6) is 0 Å². The zero-order valence-electron chi connectivity index (χ0n) is 9.40. The van der Waals surface area contributed by atoms with Crippen molar-refractivity contribution in [3.05, 3.63) is 35.6 Å². The summed E-state index contributed by atoms with van der Waals surface area (Å²) in [5, 5.41) is 1.54. The van der Waals surface area contributed by atoms with Crippen molar-refractivity contribution in [1.29, 1.82) is 0 Å². The standard InChI is InChI=1S/C11H16FN3O/c1-15(2)14-11(16)7-10(13)8-4-3-5-9(12)6-8/h3-6,10H,7,13H2,1-2H3,(H,14,16). The van der Waals surface area contributed by atoms with E-state index >= 15 is 0 Å². The van der Waals surface area contributed by atoms with E-state index < -0.39 is 6.04 Å². The van der Waals surface area contributed by atoms with Gasteiger partial charge in [0.2, 0.25) is 5.91 Å². The van der Waals surface area contributed by atoms with Crippen LogP contribution in [0.4, 0.5) is 4.39 Å². The molecule has 0 radical (unpaired) electrons. The van der Waals surface area contributed by atoms with E-state index in [1.807, 2.05) is 0 Å². The second-order valence-electron chi connectivity index (χ2n) is 3.80. The lowest BCUT2D eigenvalue weighted by molar-refractivity contribution is -0.125. The second kappa shape index (κ2) is 5.58. The van der Waals surface area contributed by atoms with Gasteiger partial charge in [-0.15, -0.1) is 0 Å². The third kappa shape index (κ3) is 3.96. The minimum Gasteiger partial charge on any atom is -0.324 e. The van der Waals surface area contributed by atoms with Crippen molar-refractivity contribution < 1.29 is 9.18 Å². The van der Waals surface area contributed by atoms with E-state index in [4.69, 9.17) is 5.73 Å². The minimum atomic E-state index is -0.490. The van der Waals surface area contributed by atoms with E-state index in [9.17, 15) is 9.18 Å². The molecule has 0 aliphatic carbocycles. The maximum atomic E-state index is 12.9. The lowest BCUT2D eigenvalue weighted by Crippen LogP contribution is -2.37. The summed E-state index contributed by atoms with van der Waals surface area (Å²) in [6, 6.07) is 5.48.